The second kappa shape index (κ2) is 37.5. The van der Waals surface area contributed by atoms with Gasteiger partial charge in [0.05, 0.1) is 0 Å². The zero-order chi connectivity index (χ0) is 29.7. The molecule has 0 aliphatic carbocycles. The minimum Gasteiger partial charge on any atom is -0.0888 e. The third kappa shape index (κ3) is 35.6. The van der Waals surface area contributed by atoms with Gasteiger partial charge in [0, 0.05) is 0 Å². The van der Waals surface area contributed by atoms with E-state index in [0.29, 0.717) is 0 Å². The molecule has 0 saturated heterocycles. The molecule has 0 rings (SSSR count). The Labute approximate surface area is 262 Å². The predicted molar refractivity (Wildman–Crippen MR) is 191 cm³/mol. The highest BCUT2D eigenvalue weighted by Gasteiger charge is 2.09. The fourth-order valence-electron chi connectivity index (χ4n) is 6.37. The molecule has 1 unspecified atom stereocenters. The number of hydrogen-bond acceptors (Lipinski definition) is 0. The summed E-state index contributed by atoms with van der Waals surface area (Å²) in [6, 6.07) is 0. The highest BCUT2D eigenvalue weighted by molar-refractivity contribution is 4.81. The lowest BCUT2D eigenvalue weighted by Gasteiger charge is -2.17. The maximum absolute atomic E-state index is 2.47. The van der Waals surface area contributed by atoms with Crippen molar-refractivity contribution in [1.29, 1.82) is 0 Å². The van der Waals surface area contributed by atoms with Gasteiger partial charge in [0.1, 0.15) is 0 Å². The van der Waals surface area contributed by atoms with Gasteiger partial charge in [0.15, 0.2) is 0 Å². The Bertz CT molecular complexity index is 500. The van der Waals surface area contributed by atoms with Crippen molar-refractivity contribution < 1.29 is 0 Å². The largest absolute Gasteiger partial charge is 0.0888 e. The highest BCUT2D eigenvalue weighted by Crippen LogP contribution is 2.25. The molecule has 0 radical (unpaired) electrons. The Morgan fingerprint density at radius 2 is 0.561 bits per heavy atom. The predicted octanol–water partition coefficient (Wildman–Crippen LogP) is 15.6. The first-order valence-corrected chi connectivity index (χ1v) is 19.6. The van der Waals surface area contributed by atoms with Crippen LogP contribution in [-0.4, -0.2) is 0 Å². The van der Waals surface area contributed by atoms with Crippen molar-refractivity contribution in [2.75, 3.05) is 0 Å². The van der Waals surface area contributed by atoms with Gasteiger partial charge in [-0.3, -0.25) is 0 Å². The number of rotatable bonds is 35. The van der Waals surface area contributed by atoms with Crippen LogP contribution >= 0.6 is 0 Å². The lowest BCUT2D eigenvalue weighted by Crippen LogP contribution is -2.01. The van der Waals surface area contributed by atoms with Crippen LogP contribution in [0.15, 0.2) is 24.3 Å². The lowest BCUT2D eigenvalue weighted by molar-refractivity contribution is 0.365. The Hall–Kier alpha value is -0.520. The molecule has 0 aromatic rings. The van der Waals surface area contributed by atoms with Gasteiger partial charge in [-0.1, -0.05) is 212 Å². The summed E-state index contributed by atoms with van der Waals surface area (Å²) in [5.41, 5.74) is 0. The minimum atomic E-state index is 1.02. The van der Waals surface area contributed by atoms with E-state index in [4.69, 9.17) is 0 Å². The molecule has 0 aliphatic heterocycles. The van der Waals surface area contributed by atoms with E-state index in [1.165, 1.54) is 212 Å². The summed E-state index contributed by atoms with van der Waals surface area (Å²) in [6.45, 7) is 6.86. The molecule has 1 atom stereocenters. The van der Waals surface area contributed by atoms with Gasteiger partial charge in [0.2, 0.25) is 0 Å². The summed E-state index contributed by atoms with van der Waals surface area (Å²) in [5.74, 6) is 1.02. The molecule has 244 valence electrons. The molecule has 0 spiro atoms. The molecule has 0 aromatic carbocycles. The van der Waals surface area contributed by atoms with Gasteiger partial charge in [0.25, 0.3) is 0 Å². The molecule has 0 fully saturated rings. The maximum Gasteiger partial charge on any atom is -0.0351 e. The Morgan fingerprint density at radius 3 is 0.878 bits per heavy atom. The Balaban J connectivity index is 3.91. The van der Waals surface area contributed by atoms with E-state index in [9.17, 15) is 0 Å². The van der Waals surface area contributed by atoms with Crippen molar-refractivity contribution in [3.05, 3.63) is 24.3 Å². The van der Waals surface area contributed by atoms with Crippen LogP contribution in [0.25, 0.3) is 0 Å². The summed E-state index contributed by atoms with van der Waals surface area (Å²) < 4.78 is 0. The first kappa shape index (κ1) is 40.5. The van der Waals surface area contributed by atoms with Crippen LogP contribution in [0.3, 0.4) is 0 Å². The van der Waals surface area contributed by atoms with E-state index in [-0.39, 0.29) is 0 Å². The van der Waals surface area contributed by atoms with Crippen LogP contribution in [0.2, 0.25) is 0 Å². The third-order valence-electron chi connectivity index (χ3n) is 9.23. The van der Waals surface area contributed by atoms with Gasteiger partial charge >= 0.3 is 0 Å². The summed E-state index contributed by atoms with van der Waals surface area (Å²) >= 11 is 0. The molecule has 0 saturated carbocycles. The topological polar surface area (TPSA) is 0 Å². The molecule has 0 aliphatic rings. The summed E-state index contributed by atoms with van der Waals surface area (Å²) in [4.78, 5) is 0. The first-order valence-electron chi connectivity index (χ1n) is 19.6. The molecule has 0 N–H and O–H groups in total. The van der Waals surface area contributed by atoms with E-state index in [2.05, 4.69) is 45.1 Å². The molecular formula is C41H80. The fraction of sp³-hybridized carbons (Fsp3) is 0.902. The van der Waals surface area contributed by atoms with Crippen molar-refractivity contribution in [3.8, 4) is 0 Å². The molecule has 0 bridgehead atoms. The third-order valence-corrected chi connectivity index (χ3v) is 9.23. The number of hydrogen-bond donors (Lipinski definition) is 0. The van der Waals surface area contributed by atoms with Crippen molar-refractivity contribution in [2.24, 2.45) is 5.92 Å². The minimum absolute atomic E-state index is 1.02. The average Bonchev–Trinajstić information content (AvgIpc) is 2.98. The van der Waals surface area contributed by atoms with Gasteiger partial charge < -0.3 is 0 Å². The van der Waals surface area contributed by atoms with E-state index in [0.717, 1.165) is 5.92 Å². The lowest BCUT2D eigenvalue weighted by atomic mass is 9.89. The van der Waals surface area contributed by atoms with Gasteiger partial charge in [-0.2, -0.15) is 0 Å². The van der Waals surface area contributed by atoms with Crippen molar-refractivity contribution >= 4 is 0 Å². The Kier molecular flexibility index (Phi) is 37.0. The average molecular weight is 573 g/mol. The SMILES string of the molecule is CCC=CCCCCCCCC(CCCCCCC/C=C\CCCCCCCC)CCCCCCCCCCCC. The van der Waals surface area contributed by atoms with Crippen LogP contribution in [-0.2, 0) is 0 Å². The molecule has 0 heterocycles. The molecule has 0 amide bonds. The fourth-order valence-corrected chi connectivity index (χ4v) is 6.37. The normalized spacial score (nSPS) is 12.8. The number of allylic oxidation sites excluding steroid dienone is 4. The van der Waals surface area contributed by atoms with Crippen LogP contribution in [0.1, 0.15) is 233 Å². The van der Waals surface area contributed by atoms with Crippen molar-refractivity contribution in [2.45, 2.75) is 233 Å². The quantitative estimate of drug-likeness (QED) is 0.0523. The zero-order valence-electron chi connectivity index (χ0n) is 29.2. The smallest absolute Gasteiger partial charge is 0.0351 e. The summed E-state index contributed by atoms with van der Waals surface area (Å²) in [7, 11) is 0. The van der Waals surface area contributed by atoms with E-state index >= 15 is 0 Å². The van der Waals surface area contributed by atoms with Crippen LogP contribution < -0.4 is 0 Å². The molecule has 0 nitrogen and oxygen atoms in total. The van der Waals surface area contributed by atoms with Gasteiger partial charge in [-0.05, 0) is 50.9 Å². The first-order chi connectivity index (χ1) is 20.3. The summed E-state index contributed by atoms with van der Waals surface area (Å²) in [5, 5.41) is 0. The van der Waals surface area contributed by atoms with Crippen LogP contribution in [0.4, 0.5) is 0 Å². The van der Waals surface area contributed by atoms with Crippen LogP contribution in [0, 0.1) is 5.92 Å². The van der Waals surface area contributed by atoms with Crippen molar-refractivity contribution in [1.82, 2.24) is 0 Å². The second-order valence-electron chi connectivity index (χ2n) is 13.4. The van der Waals surface area contributed by atoms with Gasteiger partial charge in [-0.15, -0.1) is 0 Å². The van der Waals surface area contributed by atoms with Crippen molar-refractivity contribution in [3.63, 3.8) is 0 Å². The van der Waals surface area contributed by atoms with E-state index in [1.807, 2.05) is 0 Å². The van der Waals surface area contributed by atoms with Gasteiger partial charge in [-0.25, -0.2) is 0 Å². The molecular weight excluding hydrogens is 492 g/mol. The zero-order valence-corrected chi connectivity index (χ0v) is 29.2. The standard InChI is InChI=1S/C41H80/c1-4-7-10-13-16-19-21-22-23-24-25-28-31-34-37-40-41(38-35-32-29-26-18-15-12-9-6-3)39-36-33-30-27-20-17-14-11-8-5-2/h9,12,22-23,41H,4-8,10-11,13-21,24-40H2,1-3H3/b12-9?,23-22-. The second-order valence-corrected chi connectivity index (χ2v) is 13.4. The molecule has 41 heavy (non-hydrogen) atoms. The maximum atomic E-state index is 2.47. The summed E-state index contributed by atoms with van der Waals surface area (Å²) in [6.07, 6.45) is 57.0. The van der Waals surface area contributed by atoms with E-state index in [1.54, 1.807) is 0 Å². The van der Waals surface area contributed by atoms with Crippen LogP contribution in [0.5, 0.6) is 0 Å². The Morgan fingerprint density at radius 1 is 0.293 bits per heavy atom. The number of unbranched alkanes of at least 4 members (excludes halogenated alkanes) is 25. The molecule has 0 aromatic heterocycles. The highest BCUT2D eigenvalue weighted by atomic mass is 14.1. The monoisotopic (exact) mass is 573 g/mol. The molecule has 0 heteroatoms. The van der Waals surface area contributed by atoms with E-state index < -0.39 is 0 Å².